The highest BCUT2D eigenvalue weighted by Crippen LogP contribution is 2.44. The molecule has 0 saturated heterocycles. The Morgan fingerprint density at radius 3 is 2.86 bits per heavy atom. The Kier molecular flexibility index (Phi) is 6.59. The number of amides is 1. The minimum atomic E-state index is -0.0304. The van der Waals surface area contributed by atoms with Gasteiger partial charge in [0.1, 0.15) is 5.75 Å². The van der Waals surface area contributed by atoms with Crippen LogP contribution < -0.4 is 4.74 Å². The lowest BCUT2D eigenvalue weighted by Gasteiger charge is -2.24. The standard InChI is InChI=1S/C26H30N8O3/c27-13-18-1-4-25(22(11-18)19-2-3-19)37-16-26(35)33-8-5-21-12-20(30-34(21)10-9-33)15-36-17-32-7-6-23-24(14-32)29-31-28-23/h1,4,11-12,19H,2-3,5-10,14-17H2,(H,28,29,31). The lowest BCUT2D eigenvalue weighted by Crippen LogP contribution is -2.37. The summed E-state index contributed by atoms with van der Waals surface area (Å²) in [4.78, 5) is 17.0. The van der Waals surface area contributed by atoms with E-state index in [-0.39, 0.29) is 12.5 Å². The molecule has 0 unspecified atom stereocenters. The van der Waals surface area contributed by atoms with E-state index in [1.54, 1.807) is 6.07 Å². The molecule has 2 aliphatic heterocycles. The smallest absolute Gasteiger partial charge is 0.260 e. The van der Waals surface area contributed by atoms with E-state index in [1.807, 2.05) is 21.7 Å². The SMILES string of the molecule is N#Cc1ccc(OCC(=O)N2CCc3cc(COCN4CCc5n[nH]nc5C4)nn3CC2)c(C2CC2)c1. The fourth-order valence-corrected chi connectivity index (χ4v) is 5.05. The number of nitriles is 1. The number of hydrogen-bond acceptors (Lipinski definition) is 8. The molecule has 0 spiro atoms. The number of ether oxygens (including phenoxy) is 2. The summed E-state index contributed by atoms with van der Waals surface area (Å²) in [5, 5.41) is 25.0. The molecular weight excluding hydrogens is 472 g/mol. The second kappa shape index (κ2) is 10.3. The van der Waals surface area contributed by atoms with E-state index >= 15 is 0 Å². The molecule has 3 aliphatic rings. The van der Waals surface area contributed by atoms with Crippen LogP contribution in [0.15, 0.2) is 24.3 Å². The zero-order chi connectivity index (χ0) is 25.2. The van der Waals surface area contributed by atoms with Crippen LogP contribution in [-0.4, -0.2) is 73.9 Å². The van der Waals surface area contributed by atoms with Gasteiger partial charge in [-0.25, -0.2) is 0 Å². The Labute approximate surface area is 214 Å². The summed E-state index contributed by atoms with van der Waals surface area (Å²) in [6, 6.07) is 9.72. The number of fused-ring (bicyclic) bond motifs is 2. The van der Waals surface area contributed by atoms with Crippen molar-refractivity contribution in [1.82, 2.24) is 35.0 Å². The van der Waals surface area contributed by atoms with Crippen molar-refractivity contribution in [2.24, 2.45) is 0 Å². The summed E-state index contributed by atoms with van der Waals surface area (Å²) in [7, 11) is 0. The van der Waals surface area contributed by atoms with Gasteiger partial charge in [0.05, 0.1) is 48.6 Å². The molecule has 1 saturated carbocycles. The van der Waals surface area contributed by atoms with Gasteiger partial charge >= 0.3 is 0 Å². The molecule has 1 amide bonds. The van der Waals surface area contributed by atoms with Crippen molar-refractivity contribution >= 4 is 5.91 Å². The molecule has 11 heteroatoms. The molecule has 37 heavy (non-hydrogen) atoms. The van der Waals surface area contributed by atoms with Crippen LogP contribution in [0.1, 0.15) is 52.7 Å². The molecule has 1 fully saturated rings. The maximum Gasteiger partial charge on any atom is 0.260 e. The van der Waals surface area contributed by atoms with Gasteiger partial charge in [-0.15, -0.1) is 0 Å². The fraction of sp³-hybridized carbons (Fsp3) is 0.500. The molecule has 192 valence electrons. The van der Waals surface area contributed by atoms with Crippen molar-refractivity contribution in [3.8, 4) is 11.8 Å². The first-order valence-electron chi connectivity index (χ1n) is 12.8. The van der Waals surface area contributed by atoms with Crippen LogP contribution in [-0.2, 0) is 42.1 Å². The zero-order valence-corrected chi connectivity index (χ0v) is 20.7. The van der Waals surface area contributed by atoms with Gasteiger partial charge in [0.15, 0.2) is 6.61 Å². The molecule has 11 nitrogen and oxygen atoms in total. The number of aromatic nitrogens is 5. The Hall–Kier alpha value is -3.75. The number of nitrogens with zero attached hydrogens (tertiary/aromatic N) is 7. The number of H-pyrrole nitrogens is 1. The lowest BCUT2D eigenvalue weighted by molar-refractivity contribution is -0.133. The van der Waals surface area contributed by atoms with E-state index in [1.165, 1.54) is 0 Å². The second-order valence-electron chi connectivity index (χ2n) is 9.91. The van der Waals surface area contributed by atoms with Gasteiger partial charge in [0.2, 0.25) is 0 Å². The highest BCUT2D eigenvalue weighted by atomic mass is 16.5. The van der Waals surface area contributed by atoms with Crippen molar-refractivity contribution in [2.45, 2.75) is 51.3 Å². The molecule has 0 atom stereocenters. The first-order valence-corrected chi connectivity index (χ1v) is 12.8. The highest BCUT2D eigenvalue weighted by molar-refractivity contribution is 5.78. The average Bonchev–Trinajstić information content (AvgIpc) is 3.59. The monoisotopic (exact) mass is 502 g/mol. The molecule has 1 N–H and O–H groups in total. The van der Waals surface area contributed by atoms with Crippen LogP contribution in [0.25, 0.3) is 0 Å². The summed E-state index contributed by atoms with van der Waals surface area (Å²) in [6.45, 7) is 4.49. The van der Waals surface area contributed by atoms with Gasteiger partial charge in [-0.05, 0) is 48.6 Å². The Morgan fingerprint density at radius 2 is 2.00 bits per heavy atom. The molecule has 3 aromatic rings. The van der Waals surface area contributed by atoms with Crippen LogP contribution in [0.4, 0.5) is 0 Å². The number of nitrogens with one attached hydrogen (secondary N) is 1. The van der Waals surface area contributed by atoms with E-state index in [2.05, 4.69) is 32.4 Å². The maximum atomic E-state index is 12.9. The Bertz CT molecular complexity index is 1300. The first-order chi connectivity index (χ1) is 18.2. The topological polar surface area (TPSA) is 125 Å². The lowest BCUT2D eigenvalue weighted by atomic mass is 10.1. The molecule has 1 aliphatic carbocycles. The van der Waals surface area contributed by atoms with Crippen molar-refractivity contribution in [3.05, 3.63) is 58.2 Å². The van der Waals surface area contributed by atoms with Crippen LogP contribution in [0, 0.1) is 11.3 Å². The van der Waals surface area contributed by atoms with E-state index in [9.17, 15) is 10.1 Å². The summed E-state index contributed by atoms with van der Waals surface area (Å²) in [5.41, 5.74) is 5.73. The van der Waals surface area contributed by atoms with Gasteiger partial charge in [0.25, 0.3) is 5.91 Å². The van der Waals surface area contributed by atoms with E-state index in [0.29, 0.717) is 50.2 Å². The van der Waals surface area contributed by atoms with Crippen molar-refractivity contribution in [1.29, 1.82) is 5.26 Å². The maximum absolute atomic E-state index is 12.9. The molecule has 6 rings (SSSR count). The van der Waals surface area contributed by atoms with Crippen LogP contribution in [0.2, 0.25) is 0 Å². The number of hydrogen-bond donors (Lipinski definition) is 1. The van der Waals surface area contributed by atoms with Crippen LogP contribution in [0.3, 0.4) is 0 Å². The van der Waals surface area contributed by atoms with E-state index in [0.717, 1.165) is 67.1 Å². The molecule has 2 aromatic heterocycles. The van der Waals surface area contributed by atoms with Crippen LogP contribution in [0.5, 0.6) is 5.75 Å². The third-order valence-corrected chi connectivity index (χ3v) is 7.26. The largest absolute Gasteiger partial charge is 0.483 e. The summed E-state index contributed by atoms with van der Waals surface area (Å²) in [5.74, 6) is 1.12. The van der Waals surface area contributed by atoms with E-state index in [4.69, 9.17) is 14.6 Å². The number of carbonyl (C=O) groups excluding carboxylic acids is 1. The molecule has 4 heterocycles. The zero-order valence-electron chi connectivity index (χ0n) is 20.7. The Morgan fingerprint density at radius 1 is 1.11 bits per heavy atom. The quantitative estimate of drug-likeness (QED) is 0.494. The van der Waals surface area contributed by atoms with Gasteiger partial charge < -0.3 is 14.4 Å². The van der Waals surface area contributed by atoms with E-state index < -0.39 is 0 Å². The van der Waals surface area contributed by atoms with Crippen LogP contribution >= 0.6 is 0 Å². The minimum absolute atomic E-state index is 0.000637. The number of benzene rings is 1. The summed E-state index contributed by atoms with van der Waals surface area (Å²) >= 11 is 0. The van der Waals surface area contributed by atoms with Crippen molar-refractivity contribution in [2.75, 3.05) is 33.0 Å². The predicted octanol–water partition coefficient (Wildman–Crippen LogP) is 1.75. The normalized spacial score (nSPS) is 17.5. The first kappa shape index (κ1) is 23.6. The molecule has 0 radical (unpaired) electrons. The summed E-state index contributed by atoms with van der Waals surface area (Å²) < 4.78 is 13.8. The van der Waals surface area contributed by atoms with Gasteiger partial charge in [-0.1, -0.05) is 0 Å². The second-order valence-corrected chi connectivity index (χ2v) is 9.91. The van der Waals surface area contributed by atoms with Crippen molar-refractivity contribution < 1.29 is 14.3 Å². The average molecular weight is 503 g/mol. The molecule has 0 bridgehead atoms. The van der Waals surface area contributed by atoms with Gasteiger partial charge in [-0.3, -0.25) is 14.4 Å². The predicted molar refractivity (Wildman–Crippen MR) is 131 cm³/mol. The summed E-state index contributed by atoms with van der Waals surface area (Å²) in [6.07, 6.45) is 3.82. The highest BCUT2D eigenvalue weighted by Gasteiger charge is 2.28. The van der Waals surface area contributed by atoms with Crippen molar-refractivity contribution in [3.63, 3.8) is 0 Å². The minimum Gasteiger partial charge on any atom is -0.483 e. The third-order valence-electron chi connectivity index (χ3n) is 7.26. The molecular formula is C26H30N8O3. The Balaban J connectivity index is 0.975. The number of carbonyl (C=O) groups is 1. The molecule has 1 aromatic carbocycles. The number of rotatable bonds is 8. The van der Waals surface area contributed by atoms with Gasteiger partial charge in [0, 0.05) is 44.7 Å². The number of aromatic amines is 1. The van der Waals surface area contributed by atoms with Gasteiger partial charge in [-0.2, -0.15) is 25.8 Å². The fourth-order valence-electron chi connectivity index (χ4n) is 5.05. The third kappa shape index (κ3) is 5.35.